The van der Waals surface area contributed by atoms with E-state index in [9.17, 15) is 9.18 Å². The van der Waals surface area contributed by atoms with Gasteiger partial charge < -0.3 is 15.4 Å². The molecule has 1 aliphatic rings. The minimum absolute atomic E-state index is 0. The molecule has 5 nitrogen and oxygen atoms in total. The number of aliphatic carboxylic acids is 1. The van der Waals surface area contributed by atoms with Crippen molar-refractivity contribution < 1.29 is 34.4 Å². The fraction of sp³-hybridized carbons (Fsp3) is 0.148. The van der Waals surface area contributed by atoms with E-state index in [0.717, 1.165) is 47.5 Å². The zero-order valence-electron chi connectivity index (χ0n) is 18.2. The summed E-state index contributed by atoms with van der Waals surface area (Å²) in [6.45, 7) is 0.733. The molecule has 1 unspecified atom stereocenters. The molecule has 1 aromatic heterocycles. The second-order valence-electron chi connectivity index (χ2n) is 7.50. The van der Waals surface area contributed by atoms with Gasteiger partial charge in [-0.25, -0.2) is 4.39 Å². The van der Waals surface area contributed by atoms with Gasteiger partial charge in [-0.1, -0.05) is 43.2 Å². The summed E-state index contributed by atoms with van der Waals surface area (Å²) in [6.07, 6.45) is 3.39. The Morgan fingerprint density at radius 3 is 2.29 bits per heavy atom. The average molecular weight is 632 g/mol. The third-order valence-electron chi connectivity index (χ3n) is 5.19. The van der Waals surface area contributed by atoms with E-state index in [0.29, 0.717) is 5.69 Å². The fourth-order valence-electron chi connectivity index (χ4n) is 3.51. The summed E-state index contributed by atoms with van der Waals surface area (Å²) >= 11 is 0. The number of carboxylic acids is 1. The number of rotatable bonds is 4. The third-order valence-corrected chi connectivity index (χ3v) is 5.19. The predicted octanol–water partition coefficient (Wildman–Crippen LogP) is 6.02. The minimum atomic E-state index is -0.775. The van der Waals surface area contributed by atoms with Crippen molar-refractivity contribution in [1.29, 1.82) is 0 Å². The van der Waals surface area contributed by atoms with Crippen LogP contribution in [0.3, 0.4) is 0 Å². The second kappa shape index (κ2) is 12.3. The summed E-state index contributed by atoms with van der Waals surface area (Å²) in [6, 6.07) is 26.7. The average Bonchev–Trinajstić information content (AvgIpc) is 3.41. The Morgan fingerprint density at radius 2 is 1.71 bits per heavy atom. The van der Waals surface area contributed by atoms with Gasteiger partial charge in [0.1, 0.15) is 5.82 Å². The van der Waals surface area contributed by atoms with E-state index in [1.165, 1.54) is 12.1 Å². The van der Waals surface area contributed by atoms with E-state index in [1.54, 1.807) is 18.3 Å². The van der Waals surface area contributed by atoms with Gasteiger partial charge in [-0.05, 0) is 35.9 Å². The fourth-order valence-corrected chi connectivity index (χ4v) is 3.51. The predicted molar refractivity (Wildman–Crippen MR) is 126 cm³/mol. The molecule has 1 aliphatic heterocycles. The molecule has 1 N–H and O–H groups in total. The number of halogens is 1. The molecule has 5 rings (SSSR count). The summed E-state index contributed by atoms with van der Waals surface area (Å²) < 4.78 is 13.2. The van der Waals surface area contributed by atoms with E-state index < -0.39 is 12.0 Å². The van der Waals surface area contributed by atoms with Crippen molar-refractivity contribution >= 4 is 5.97 Å². The maximum atomic E-state index is 13.2. The van der Waals surface area contributed by atoms with Crippen LogP contribution in [0, 0.1) is 11.9 Å². The van der Waals surface area contributed by atoms with Gasteiger partial charge in [-0.15, -0.1) is 42.4 Å². The molecule has 2 heterocycles. The van der Waals surface area contributed by atoms with Gasteiger partial charge in [0.15, 0.2) is 0 Å². The Labute approximate surface area is 211 Å². The first-order valence-electron chi connectivity index (χ1n) is 10.7. The molecule has 1 fully saturated rings. The Kier molecular flexibility index (Phi) is 9.16. The molecular weight excluding hydrogens is 610 g/mol. The Bertz CT molecular complexity index is 1200. The summed E-state index contributed by atoms with van der Waals surface area (Å²) in [4.78, 5) is 19.6. The molecule has 0 aliphatic carbocycles. The Morgan fingerprint density at radius 1 is 0.971 bits per heavy atom. The first-order chi connectivity index (χ1) is 16.1. The number of carboxylic acid groups (broad SMARTS) is 1. The van der Waals surface area contributed by atoms with Crippen LogP contribution in [0.15, 0.2) is 85.1 Å². The van der Waals surface area contributed by atoms with E-state index >= 15 is 0 Å². The molecule has 175 valence electrons. The van der Waals surface area contributed by atoms with Gasteiger partial charge in [-0.2, -0.15) is 0 Å². The standard InChI is InChI=1S/C22H14FN2.C5H8NO2.Ir/c23-19-13-11-16(12-14-19)20-15-24-21(17-7-3-1-4-8-17)22(25-20)18-9-5-2-6-10-18;7-5(8)4-2-1-3-6-4;/h1-7,9-15H;4H,1-3H2,(H,7,8);/q2*-1;. The van der Waals surface area contributed by atoms with Gasteiger partial charge >= 0.3 is 0 Å². The van der Waals surface area contributed by atoms with E-state index in [1.807, 2.05) is 54.6 Å². The van der Waals surface area contributed by atoms with Gasteiger partial charge in [0.05, 0.1) is 11.4 Å². The zero-order valence-corrected chi connectivity index (χ0v) is 20.6. The van der Waals surface area contributed by atoms with Crippen LogP contribution in [0.2, 0.25) is 0 Å². The molecule has 1 atom stereocenters. The van der Waals surface area contributed by atoms with Gasteiger partial charge in [0.2, 0.25) is 0 Å². The largest absolute Gasteiger partial charge is 0.650 e. The minimum Gasteiger partial charge on any atom is -0.650 e. The van der Waals surface area contributed by atoms with Crippen LogP contribution >= 0.6 is 0 Å². The molecule has 0 saturated carbocycles. The first-order valence-corrected chi connectivity index (χ1v) is 10.7. The van der Waals surface area contributed by atoms with Crippen LogP contribution in [0.1, 0.15) is 12.8 Å². The molecule has 7 heteroatoms. The molecule has 1 saturated heterocycles. The van der Waals surface area contributed by atoms with Gasteiger partial charge in [-0.3, -0.25) is 9.78 Å². The van der Waals surface area contributed by atoms with E-state index in [-0.39, 0.29) is 25.9 Å². The maximum Gasteiger partial charge on any atom is 0.285 e. The summed E-state index contributed by atoms with van der Waals surface area (Å²) in [5.41, 5.74) is 4.96. The number of hydrogen-bond acceptors (Lipinski definition) is 3. The quantitative estimate of drug-likeness (QED) is 0.280. The van der Waals surface area contributed by atoms with Crippen LogP contribution < -0.4 is 0 Å². The van der Waals surface area contributed by atoms with Crippen molar-refractivity contribution in [2.24, 2.45) is 0 Å². The van der Waals surface area contributed by atoms with Gasteiger partial charge in [0, 0.05) is 37.6 Å². The molecule has 0 spiro atoms. The second-order valence-corrected chi connectivity index (χ2v) is 7.50. The molecule has 1 radical (unpaired) electrons. The van der Waals surface area contributed by atoms with Crippen molar-refractivity contribution in [2.45, 2.75) is 18.9 Å². The summed E-state index contributed by atoms with van der Waals surface area (Å²) in [5, 5.41) is 12.2. The van der Waals surface area contributed by atoms with Crippen molar-refractivity contribution in [3.8, 4) is 33.8 Å². The molecular formula is C27H22FIrN3O2-2. The molecule has 34 heavy (non-hydrogen) atoms. The number of benzene rings is 3. The smallest absolute Gasteiger partial charge is 0.285 e. The maximum absolute atomic E-state index is 13.2. The summed E-state index contributed by atoms with van der Waals surface area (Å²) in [5.74, 6) is -1.04. The van der Waals surface area contributed by atoms with Crippen molar-refractivity contribution in [1.82, 2.24) is 9.97 Å². The molecule has 3 aromatic carbocycles. The number of hydrogen-bond donors (Lipinski definition) is 1. The first kappa shape index (κ1) is 25.4. The van der Waals surface area contributed by atoms with E-state index in [2.05, 4.69) is 16.4 Å². The van der Waals surface area contributed by atoms with Gasteiger partial charge in [0.25, 0.3) is 5.97 Å². The number of aromatic nitrogens is 2. The normalized spacial score (nSPS) is 14.4. The summed E-state index contributed by atoms with van der Waals surface area (Å²) in [7, 11) is 0. The molecule has 0 amide bonds. The molecule has 4 aromatic rings. The number of carbonyl (C=O) groups is 1. The Hall–Kier alpha value is -3.25. The van der Waals surface area contributed by atoms with Crippen LogP contribution in [0.25, 0.3) is 39.1 Å². The van der Waals surface area contributed by atoms with Crippen molar-refractivity contribution in [2.75, 3.05) is 6.54 Å². The Balaban J connectivity index is 0.000000308. The zero-order chi connectivity index (χ0) is 23.0. The van der Waals surface area contributed by atoms with Crippen LogP contribution in [0.5, 0.6) is 0 Å². The van der Waals surface area contributed by atoms with Crippen LogP contribution in [0.4, 0.5) is 4.39 Å². The molecule has 0 bridgehead atoms. The SMILES string of the molecule is Fc1ccc(-c2cnc(-c3[c-]cccc3)c(-c3ccccc3)n2)cc1.O=C(O)C1CCC[N-]1.[Ir]. The van der Waals surface area contributed by atoms with Crippen molar-refractivity contribution in [3.63, 3.8) is 0 Å². The van der Waals surface area contributed by atoms with E-state index in [4.69, 9.17) is 10.1 Å². The topological polar surface area (TPSA) is 77.2 Å². The van der Waals surface area contributed by atoms with Crippen molar-refractivity contribution in [3.05, 3.63) is 102 Å². The third kappa shape index (κ3) is 6.41. The monoisotopic (exact) mass is 632 g/mol. The number of nitrogens with zero attached hydrogens (tertiary/aromatic N) is 3. The van der Waals surface area contributed by atoms with Crippen LogP contribution in [-0.2, 0) is 24.9 Å². The van der Waals surface area contributed by atoms with Crippen LogP contribution in [-0.4, -0.2) is 33.6 Å².